The van der Waals surface area contributed by atoms with E-state index < -0.39 is 0 Å². The monoisotopic (exact) mass is 180 g/mol. The molecule has 1 heterocycles. The number of pyridine rings is 1. The molecule has 0 aliphatic rings. The molecule has 3 nitrogen and oxygen atoms in total. The molecule has 0 aromatic carbocycles. The Morgan fingerprint density at radius 3 is 2.54 bits per heavy atom. The lowest BCUT2D eigenvalue weighted by Crippen LogP contribution is -2.33. The largest absolute Gasteiger partial charge is 0.381 e. The van der Waals surface area contributed by atoms with Crippen LogP contribution in [0.25, 0.3) is 0 Å². The molecule has 2 N–H and O–H groups in total. The van der Waals surface area contributed by atoms with Crippen molar-refractivity contribution in [2.45, 2.75) is 19.3 Å². The van der Waals surface area contributed by atoms with Crippen LogP contribution in [-0.4, -0.2) is 23.4 Å². The minimum Gasteiger partial charge on any atom is -0.381 e. The molecule has 0 amide bonds. The Hall–Kier alpha value is -0.930. The van der Waals surface area contributed by atoms with Crippen LogP contribution in [0.4, 0.5) is 0 Å². The van der Waals surface area contributed by atoms with Crippen molar-refractivity contribution in [3.8, 4) is 0 Å². The van der Waals surface area contributed by atoms with Gasteiger partial charge in [-0.1, -0.05) is 13.8 Å². The van der Waals surface area contributed by atoms with Crippen molar-refractivity contribution < 1.29 is 5.11 Å². The smallest absolute Gasteiger partial charge is 0.0931 e. The van der Waals surface area contributed by atoms with E-state index in [0.29, 0.717) is 0 Å². The summed E-state index contributed by atoms with van der Waals surface area (Å²) < 4.78 is 0. The van der Waals surface area contributed by atoms with Crippen molar-refractivity contribution in [2.75, 3.05) is 13.3 Å². The minimum absolute atomic E-state index is 0.0223. The lowest BCUT2D eigenvalue weighted by Gasteiger charge is -2.24. The molecule has 0 saturated heterocycles. The van der Waals surface area contributed by atoms with Gasteiger partial charge in [-0.25, -0.2) is 0 Å². The van der Waals surface area contributed by atoms with Gasteiger partial charge in [-0.3, -0.25) is 10.3 Å². The van der Waals surface area contributed by atoms with E-state index in [2.05, 4.69) is 24.1 Å². The van der Waals surface area contributed by atoms with Crippen LogP contribution in [-0.2, 0) is 5.41 Å². The van der Waals surface area contributed by atoms with Gasteiger partial charge in [-0.2, -0.15) is 0 Å². The highest BCUT2D eigenvalue weighted by Crippen LogP contribution is 2.20. The highest BCUT2D eigenvalue weighted by atomic mass is 16.3. The summed E-state index contributed by atoms with van der Waals surface area (Å²) in [5, 5.41) is 11.6. The van der Waals surface area contributed by atoms with Gasteiger partial charge in [0.1, 0.15) is 0 Å². The van der Waals surface area contributed by atoms with Crippen LogP contribution in [0.15, 0.2) is 24.5 Å². The third-order valence-corrected chi connectivity index (χ3v) is 2.14. The zero-order valence-corrected chi connectivity index (χ0v) is 8.12. The zero-order chi connectivity index (χ0) is 9.73. The Morgan fingerprint density at radius 2 is 2.00 bits per heavy atom. The molecule has 0 unspecified atom stereocenters. The first-order valence-corrected chi connectivity index (χ1v) is 4.39. The highest BCUT2D eigenvalue weighted by molar-refractivity contribution is 5.20. The predicted octanol–water partition coefficient (Wildman–Crippen LogP) is 0.899. The van der Waals surface area contributed by atoms with Crippen LogP contribution in [0, 0.1) is 0 Å². The predicted molar refractivity (Wildman–Crippen MR) is 52.4 cm³/mol. The van der Waals surface area contributed by atoms with E-state index in [-0.39, 0.29) is 12.1 Å². The van der Waals surface area contributed by atoms with Crippen molar-refractivity contribution in [3.05, 3.63) is 30.1 Å². The van der Waals surface area contributed by atoms with Crippen LogP contribution in [0.1, 0.15) is 19.4 Å². The molecule has 0 spiro atoms. The van der Waals surface area contributed by atoms with E-state index >= 15 is 0 Å². The van der Waals surface area contributed by atoms with Gasteiger partial charge < -0.3 is 5.11 Å². The molecule has 0 fully saturated rings. The topological polar surface area (TPSA) is 45.1 Å². The van der Waals surface area contributed by atoms with Crippen LogP contribution in [0.3, 0.4) is 0 Å². The van der Waals surface area contributed by atoms with Gasteiger partial charge in [0.05, 0.1) is 6.73 Å². The van der Waals surface area contributed by atoms with Gasteiger partial charge in [0.25, 0.3) is 0 Å². The van der Waals surface area contributed by atoms with Crippen molar-refractivity contribution in [1.29, 1.82) is 0 Å². The number of hydrogen-bond donors (Lipinski definition) is 2. The molecule has 1 rings (SSSR count). The highest BCUT2D eigenvalue weighted by Gasteiger charge is 2.19. The molecule has 0 radical (unpaired) electrons. The summed E-state index contributed by atoms with van der Waals surface area (Å²) in [6.45, 7) is 5.04. The van der Waals surface area contributed by atoms with E-state index in [9.17, 15) is 0 Å². The fourth-order valence-corrected chi connectivity index (χ4v) is 1.27. The van der Waals surface area contributed by atoms with Crippen molar-refractivity contribution in [3.63, 3.8) is 0 Å². The van der Waals surface area contributed by atoms with Crippen LogP contribution < -0.4 is 5.32 Å². The third-order valence-electron chi connectivity index (χ3n) is 2.14. The van der Waals surface area contributed by atoms with Gasteiger partial charge in [0.15, 0.2) is 0 Å². The maximum Gasteiger partial charge on any atom is 0.0931 e. The molecule has 0 atom stereocenters. The molecule has 0 saturated carbocycles. The quantitative estimate of drug-likeness (QED) is 0.677. The van der Waals surface area contributed by atoms with E-state index in [0.717, 1.165) is 6.54 Å². The molecule has 1 aromatic heterocycles. The Labute approximate surface area is 78.8 Å². The van der Waals surface area contributed by atoms with Crippen molar-refractivity contribution in [2.24, 2.45) is 0 Å². The van der Waals surface area contributed by atoms with Crippen molar-refractivity contribution in [1.82, 2.24) is 10.3 Å². The molecule has 3 heteroatoms. The summed E-state index contributed by atoms with van der Waals surface area (Å²) in [4.78, 5) is 3.97. The second-order valence-electron chi connectivity index (χ2n) is 3.70. The average Bonchev–Trinajstić information content (AvgIpc) is 2.16. The standard InChI is InChI=1S/C10H16N2O/c1-10(2,7-12-8-13)9-3-5-11-6-4-9/h3-6,12-13H,7-8H2,1-2H3. The third kappa shape index (κ3) is 2.79. The summed E-state index contributed by atoms with van der Waals surface area (Å²) in [5.41, 5.74) is 1.26. The van der Waals surface area contributed by atoms with Gasteiger partial charge in [-0.15, -0.1) is 0 Å². The Kier molecular flexibility index (Phi) is 3.39. The zero-order valence-electron chi connectivity index (χ0n) is 8.12. The first-order valence-electron chi connectivity index (χ1n) is 4.39. The summed E-state index contributed by atoms with van der Waals surface area (Å²) >= 11 is 0. The normalized spacial score (nSPS) is 11.6. The summed E-state index contributed by atoms with van der Waals surface area (Å²) in [6.07, 6.45) is 3.58. The summed E-state index contributed by atoms with van der Waals surface area (Å²) in [7, 11) is 0. The molecular formula is C10H16N2O. The second kappa shape index (κ2) is 4.35. The van der Waals surface area contributed by atoms with Crippen LogP contribution >= 0.6 is 0 Å². The van der Waals surface area contributed by atoms with E-state index in [4.69, 9.17) is 5.11 Å². The van der Waals surface area contributed by atoms with E-state index in [1.165, 1.54) is 5.56 Å². The SMILES string of the molecule is CC(C)(CNCO)c1ccncc1. The number of rotatable bonds is 4. The molecule has 1 aromatic rings. The first kappa shape index (κ1) is 10.2. The molecular weight excluding hydrogens is 164 g/mol. The number of aromatic nitrogens is 1. The van der Waals surface area contributed by atoms with Gasteiger partial charge >= 0.3 is 0 Å². The Balaban J connectivity index is 2.69. The number of nitrogens with zero attached hydrogens (tertiary/aromatic N) is 1. The molecule has 0 aliphatic carbocycles. The maximum atomic E-state index is 8.65. The molecule has 72 valence electrons. The number of aliphatic hydroxyl groups is 1. The number of aliphatic hydroxyl groups excluding tert-OH is 1. The van der Waals surface area contributed by atoms with Gasteiger partial charge in [0.2, 0.25) is 0 Å². The van der Waals surface area contributed by atoms with Crippen molar-refractivity contribution >= 4 is 0 Å². The first-order chi connectivity index (χ1) is 6.17. The molecule has 0 aliphatic heterocycles. The lowest BCUT2D eigenvalue weighted by molar-refractivity contribution is 0.247. The molecule has 13 heavy (non-hydrogen) atoms. The Bertz CT molecular complexity index is 246. The van der Waals surface area contributed by atoms with E-state index in [1.54, 1.807) is 12.4 Å². The van der Waals surface area contributed by atoms with Gasteiger partial charge in [-0.05, 0) is 17.7 Å². The number of hydrogen-bond acceptors (Lipinski definition) is 3. The fraction of sp³-hybridized carbons (Fsp3) is 0.500. The Morgan fingerprint density at radius 1 is 1.38 bits per heavy atom. The maximum absolute atomic E-state index is 8.65. The van der Waals surface area contributed by atoms with E-state index in [1.807, 2.05) is 12.1 Å². The lowest BCUT2D eigenvalue weighted by atomic mass is 9.85. The summed E-state index contributed by atoms with van der Waals surface area (Å²) in [6, 6.07) is 4.00. The number of nitrogens with one attached hydrogen (secondary N) is 1. The second-order valence-corrected chi connectivity index (χ2v) is 3.70. The van der Waals surface area contributed by atoms with Gasteiger partial charge in [0, 0.05) is 24.4 Å². The fourth-order valence-electron chi connectivity index (χ4n) is 1.27. The minimum atomic E-state index is 0.0223. The van der Waals surface area contributed by atoms with Crippen LogP contribution in [0.2, 0.25) is 0 Å². The van der Waals surface area contributed by atoms with Crippen LogP contribution in [0.5, 0.6) is 0 Å². The summed E-state index contributed by atoms with van der Waals surface area (Å²) in [5.74, 6) is 0. The average molecular weight is 180 g/mol. The molecule has 0 bridgehead atoms.